The summed E-state index contributed by atoms with van der Waals surface area (Å²) in [5.74, 6) is -1.28. The van der Waals surface area contributed by atoms with Gasteiger partial charge in [0.1, 0.15) is 6.10 Å². The van der Waals surface area contributed by atoms with Crippen molar-refractivity contribution in [2.24, 2.45) is 0 Å². The predicted molar refractivity (Wildman–Crippen MR) is 68.7 cm³/mol. The standard InChI is InChI=1S/C12H12BrNO4/c13-9-4-3-7(6-8(9)12(16)17)14-11(15)10-2-1-5-18-10/h3-4,6,10H,1-2,5H2,(H,14,15)(H,16,17)/t10-/m1/s1. The van der Waals surface area contributed by atoms with Crippen LogP contribution in [-0.4, -0.2) is 29.7 Å². The van der Waals surface area contributed by atoms with Crippen molar-refractivity contribution in [3.8, 4) is 0 Å². The van der Waals surface area contributed by atoms with Crippen molar-refractivity contribution in [2.75, 3.05) is 11.9 Å². The molecule has 2 rings (SSSR count). The van der Waals surface area contributed by atoms with Crippen molar-refractivity contribution in [3.05, 3.63) is 28.2 Å². The first kappa shape index (κ1) is 13.0. The number of aromatic carboxylic acids is 1. The van der Waals surface area contributed by atoms with Crippen LogP contribution in [0.5, 0.6) is 0 Å². The highest BCUT2D eigenvalue weighted by atomic mass is 79.9. The van der Waals surface area contributed by atoms with Gasteiger partial charge in [0.15, 0.2) is 0 Å². The number of hydrogen-bond acceptors (Lipinski definition) is 3. The molecule has 0 spiro atoms. The van der Waals surface area contributed by atoms with Crippen molar-refractivity contribution >= 4 is 33.5 Å². The number of carbonyl (C=O) groups excluding carboxylic acids is 1. The average Bonchev–Trinajstić information content (AvgIpc) is 2.85. The normalized spacial score (nSPS) is 18.6. The van der Waals surface area contributed by atoms with E-state index in [1.807, 2.05) is 0 Å². The van der Waals surface area contributed by atoms with Crippen molar-refractivity contribution in [3.63, 3.8) is 0 Å². The van der Waals surface area contributed by atoms with Crippen LogP contribution >= 0.6 is 15.9 Å². The molecule has 0 saturated carbocycles. The molecule has 1 saturated heterocycles. The smallest absolute Gasteiger partial charge is 0.336 e. The third-order valence-electron chi connectivity index (χ3n) is 2.69. The van der Waals surface area contributed by atoms with E-state index in [1.54, 1.807) is 12.1 Å². The largest absolute Gasteiger partial charge is 0.478 e. The zero-order valence-electron chi connectivity index (χ0n) is 9.48. The number of amides is 1. The molecule has 0 bridgehead atoms. The van der Waals surface area contributed by atoms with Crippen LogP contribution in [0.3, 0.4) is 0 Å². The maximum atomic E-state index is 11.8. The second-order valence-electron chi connectivity index (χ2n) is 3.99. The minimum atomic E-state index is -1.05. The predicted octanol–water partition coefficient (Wildman–Crippen LogP) is 2.26. The number of carboxylic acid groups (broad SMARTS) is 1. The Kier molecular flexibility index (Phi) is 3.98. The van der Waals surface area contributed by atoms with E-state index in [1.165, 1.54) is 6.07 Å². The molecule has 0 aliphatic carbocycles. The molecule has 5 nitrogen and oxygen atoms in total. The van der Waals surface area contributed by atoms with Gasteiger partial charge >= 0.3 is 5.97 Å². The number of hydrogen-bond donors (Lipinski definition) is 2. The van der Waals surface area contributed by atoms with Gasteiger partial charge in [0, 0.05) is 16.8 Å². The van der Waals surface area contributed by atoms with Crippen LogP contribution < -0.4 is 5.32 Å². The SMILES string of the molecule is O=C(O)c1cc(NC(=O)[C@H]2CCCO2)ccc1Br. The molecule has 1 aliphatic rings. The topological polar surface area (TPSA) is 75.6 Å². The van der Waals surface area contributed by atoms with Crippen LogP contribution in [0.2, 0.25) is 0 Å². The lowest BCUT2D eigenvalue weighted by Crippen LogP contribution is -2.26. The maximum absolute atomic E-state index is 11.8. The van der Waals surface area contributed by atoms with Gasteiger partial charge in [0.25, 0.3) is 5.91 Å². The first-order chi connectivity index (χ1) is 8.58. The second kappa shape index (κ2) is 5.49. The number of rotatable bonds is 3. The molecule has 1 aromatic rings. The molecule has 2 N–H and O–H groups in total. The van der Waals surface area contributed by atoms with E-state index in [0.717, 1.165) is 6.42 Å². The second-order valence-corrected chi connectivity index (χ2v) is 4.85. The molecule has 0 radical (unpaired) electrons. The van der Waals surface area contributed by atoms with Gasteiger partial charge in [0.2, 0.25) is 0 Å². The van der Waals surface area contributed by atoms with Gasteiger partial charge in [-0.25, -0.2) is 4.79 Å². The molecule has 0 unspecified atom stereocenters. The first-order valence-electron chi connectivity index (χ1n) is 5.53. The van der Waals surface area contributed by atoms with E-state index >= 15 is 0 Å². The molecule has 1 amide bonds. The molecular weight excluding hydrogens is 302 g/mol. The Balaban J connectivity index is 2.11. The summed E-state index contributed by atoms with van der Waals surface area (Å²) in [4.78, 5) is 22.7. The number of ether oxygens (including phenoxy) is 1. The molecule has 1 fully saturated rings. The molecule has 6 heteroatoms. The molecule has 1 aromatic carbocycles. The minimum absolute atomic E-state index is 0.111. The summed E-state index contributed by atoms with van der Waals surface area (Å²) < 4.78 is 5.73. The van der Waals surface area contributed by atoms with Crippen LogP contribution in [-0.2, 0) is 9.53 Å². The lowest BCUT2D eigenvalue weighted by Gasteiger charge is -2.11. The molecular formula is C12H12BrNO4. The van der Waals surface area contributed by atoms with E-state index < -0.39 is 12.1 Å². The highest BCUT2D eigenvalue weighted by Crippen LogP contribution is 2.22. The summed E-state index contributed by atoms with van der Waals surface area (Å²) >= 11 is 3.15. The molecule has 1 aliphatic heterocycles. The molecule has 96 valence electrons. The van der Waals surface area contributed by atoms with E-state index in [-0.39, 0.29) is 11.5 Å². The zero-order chi connectivity index (χ0) is 13.1. The Labute approximate surface area is 112 Å². The van der Waals surface area contributed by atoms with Crippen molar-refractivity contribution in [1.82, 2.24) is 0 Å². The van der Waals surface area contributed by atoms with E-state index in [4.69, 9.17) is 9.84 Å². The molecule has 1 atom stereocenters. The van der Waals surface area contributed by atoms with Gasteiger partial charge in [-0.2, -0.15) is 0 Å². The summed E-state index contributed by atoms with van der Waals surface area (Å²) in [5.41, 5.74) is 0.566. The van der Waals surface area contributed by atoms with Crippen molar-refractivity contribution in [2.45, 2.75) is 18.9 Å². The monoisotopic (exact) mass is 313 g/mol. The van der Waals surface area contributed by atoms with Crippen LogP contribution in [0.4, 0.5) is 5.69 Å². The van der Waals surface area contributed by atoms with Gasteiger partial charge in [-0.3, -0.25) is 4.79 Å². The Bertz CT molecular complexity index is 483. The molecule has 18 heavy (non-hydrogen) atoms. The summed E-state index contributed by atoms with van der Waals surface area (Å²) in [5, 5.41) is 11.6. The Morgan fingerprint density at radius 2 is 2.22 bits per heavy atom. The molecule has 0 aromatic heterocycles. The fourth-order valence-corrected chi connectivity index (χ4v) is 2.19. The van der Waals surface area contributed by atoms with Gasteiger partial charge in [0.05, 0.1) is 5.56 Å². The summed E-state index contributed by atoms with van der Waals surface area (Å²) in [6.45, 7) is 0.596. The lowest BCUT2D eigenvalue weighted by atomic mass is 10.2. The van der Waals surface area contributed by atoms with Gasteiger partial charge < -0.3 is 15.2 Å². The molecule has 1 heterocycles. The summed E-state index contributed by atoms with van der Waals surface area (Å²) in [7, 11) is 0. The van der Waals surface area contributed by atoms with Crippen molar-refractivity contribution in [1.29, 1.82) is 0 Å². The fraction of sp³-hybridized carbons (Fsp3) is 0.333. The van der Waals surface area contributed by atoms with Gasteiger partial charge in [-0.15, -0.1) is 0 Å². The van der Waals surface area contributed by atoms with Crippen LogP contribution in [0.25, 0.3) is 0 Å². The van der Waals surface area contributed by atoms with Crippen molar-refractivity contribution < 1.29 is 19.4 Å². The number of halogens is 1. The number of nitrogens with one attached hydrogen (secondary N) is 1. The third kappa shape index (κ3) is 2.88. The third-order valence-corrected chi connectivity index (χ3v) is 3.38. The Hall–Kier alpha value is -1.40. The van der Waals surface area contributed by atoms with Crippen LogP contribution in [0.1, 0.15) is 23.2 Å². The van der Waals surface area contributed by atoms with E-state index in [9.17, 15) is 9.59 Å². The number of carbonyl (C=O) groups is 2. The quantitative estimate of drug-likeness (QED) is 0.897. The zero-order valence-corrected chi connectivity index (χ0v) is 11.1. The highest BCUT2D eigenvalue weighted by Gasteiger charge is 2.23. The highest BCUT2D eigenvalue weighted by molar-refractivity contribution is 9.10. The van der Waals surface area contributed by atoms with Crippen LogP contribution in [0.15, 0.2) is 22.7 Å². The van der Waals surface area contributed by atoms with Crippen LogP contribution in [0, 0.1) is 0 Å². The number of anilines is 1. The summed E-state index contributed by atoms with van der Waals surface area (Å²) in [6, 6.07) is 4.65. The minimum Gasteiger partial charge on any atom is -0.478 e. The number of carboxylic acids is 1. The van der Waals surface area contributed by atoms with Gasteiger partial charge in [-0.1, -0.05) is 0 Å². The van der Waals surface area contributed by atoms with E-state index in [0.29, 0.717) is 23.2 Å². The maximum Gasteiger partial charge on any atom is 0.336 e. The Morgan fingerprint density at radius 3 is 2.83 bits per heavy atom. The Morgan fingerprint density at radius 1 is 1.44 bits per heavy atom. The average molecular weight is 314 g/mol. The number of benzene rings is 1. The van der Waals surface area contributed by atoms with Gasteiger partial charge in [-0.05, 0) is 47.0 Å². The summed E-state index contributed by atoms with van der Waals surface area (Å²) in [6.07, 6.45) is 1.15. The van der Waals surface area contributed by atoms with E-state index in [2.05, 4.69) is 21.2 Å². The first-order valence-corrected chi connectivity index (χ1v) is 6.32. The lowest BCUT2D eigenvalue weighted by molar-refractivity contribution is -0.124. The fourth-order valence-electron chi connectivity index (χ4n) is 1.77.